The molecule has 2 N–H and O–H groups in total. The summed E-state index contributed by atoms with van der Waals surface area (Å²) in [5.74, 6) is 1.42. The summed E-state index contributed by atoms with van der Waals surface area (Å²) in [6.45, 7) is 4.71. The number of ether oxygens (including phenoxy) is 1. The minimum atomic E-state index is 0.109. The van der Waals surface area contributed by atoms with Crippen molar-refractivity contribution in [2.45, 2.75) is 45.6 Å². The van der Waals surface area contributed by atoms with Crippen LogP contribution in [0.4, 0.5) is 0 Å². The largest absolute Gasteiger partial charge is 0.496 e. The lowest BCUT2D eigenvalue weighted by Crippen LogP contribution is -2.36. The van der Waals surface area contributed by atoms with E-state index in [1.807, 2.05) is 6.07 Å². The lowest BCUT2D eigenvalue weighted by Gasteiger charge is -2.42. The summed E-state index contributed by atoms with van der Waals surface area (Å²) in [6, 6.07) is 6.31. The summed E-state index contributed by atoms with van der Waals surface area (Å²) in [5, 5.41) is 0. The summed E-state index contributed by atoms with van der Waals surface area (Å²) in [6.07, 6.45) is 5.15. The Labute approximate surface area is 124 Å². The second-order valence-electron chi connectivity index (χ2n) is 6.26. The van der Waals surface area contributed by atoms with E-state index in [0.717, 1.165) is 10.2 Å². The normalized spacial score (nSPS) is 23.9. The number of hydrogen-bond donors (Lipinski definition) is 1. The third kappa shape index (κ3) is 3.14. The molecule has 2 rings (SSSR count). The van der Waals surface area contributed by atoms with Crippen LogP contribution in [0.15, 0.2) is 22.7 Å². The molecular weight excluding hydrogens is 302 g/mol. The molecule has 0 aromatic heterocycles. The number of halogens is 1. The van der Waals surface area contributed by atoms with Gasteiger partial charge in [0.15, 0.2) is 0 Å². The van der Waals surface area contributed by atoms with E-state index in [1.54, 1.807) is 7.11 Å². The average Bonchev–Trinajstić information content (AvgIpc) is 2.37. The summed E-state index contributed by atoms with van der Waals surface area (Å²) in [5.41, 5.74) is 8.08. The van der Waals surface area contributed by atoms with Gasteiger partial charge in [-0.2, -0.15) is 0 Å². The van der Waals surface area contributed by atoms with E-state index < -0.39 is 0 Å². The molecule has 19 heavy (non-hydrogen) atoms. The minimum Gasteiger partial charge on any atom is -0.496 e. The molecule has 0 spiro atoms. The van der Waals surface area contributed by atoms with Crippen molar-refractivity contribution in [3.05, 3.63) is 28.2 Å². The lowest BCUT2D eigenvalue weighted by atomic mass is 9.65. The van der Waals surface area contributed by atoms with Crippen LogP contribution in [0.2, 0.25) is 0 Å². The first-order chi connectivity index (χ1) is 8.95. The van der Waals surface area contributed by atoms with Crippen LogP contribution in [0.5, 0.6) is 5.75 Å². The van der Waals surface area contributed by atoms with Gasteiger partial charge in [-0.3, -0.25) is 0 Å². The third-order valence-corrected chi connectivity index (χ3v) is 5.20. The molecule has 0 aliphatic heterocycles. The van der Waals surface area contributed by atoms with Crippen molar-refractivity contribution >= 4 is 15.9 Å². The van der Waals surface area contributed by atoms with E-state index in [9.17, 15) is 0 Å². The van der Waals surface area contributed by atoms with E-state index in [1.165, 1.54) is 31.2 Å². The van der Waals surface area contributed by atoms with Crippen molar-refractivity contribution in [3.63, 3.8) is 0 Å². The van der Waals surface area contributed by atoms with Crippen LogP contribution in [0.3, 0.4) is 0 Å². The first-order valence-corrected chi connectivity index (χ1v) is 7.84. The molecular formula is C16H24BrNO. The molecule has 0 bridgehead atoms. The van der Waals surface area contributed by atoms with Crippen LogP contribution < -0.4 is 10.5 Å². The maximum atomic E-state index is 6.54. The molecule has 1 fully saturated rings. The molecule has 2 unspecified atom stereocenters. The van der Waals surface area contributed by atoms with Crippen LogP contribution in [0.25, 0.3) is 0 Å². The maximum absolute atomic E-state index is 6.54. The smallest absolute Gasteiger partial charge is 0.133 e. The number of methoxy groups -OCH3 is 1. The highest BCUT2D eigenvalue weighted by Crippen LogP contribution is 2.46. The Morgan fingerprint density at radius 3 is 2.68 bits per heavy atom. The predicted molar refractivity (Wildman–Crippen MR) is 83.4 cm³/mol. The highest BCUT2D eigenvalue weighted by Gasteiger charge is 2.36. The fourth-order valence-corrected chi connectivity index (χ4v) is 3.87. The van der Waals surface area contributed by atoms with Crippen LogP contribution in [-0.2, 0) is 0 Å². The predicted octanol–water partition coefficient (Wildman–Crippen LogP) is 4.67. The molecule has 0 amide bonds. The number of nitrogens with two attached hydrogens (primary N) is 1. The topological polar surface area (TPSA) is 35.2 Å². The summed E-state index contributed by atoms with van der Waals surface area (Å²) in [7, 11) is 1.68. The average molecular weight is 326 g/mol. The van der Waals surface area contributed by atoms with Crippen molar-refractivity contribution in [2.24, 2.45) is 17.1 Å². The second kappa shape index (κ2) is 5.84. The van der Waals surface area contributed by atoms with Gasteiger partial charge < -0.3 is 10.5 Å². The number of hydrogen-bond acceptors (Lipinski definition) is 2. The second-order valence-corrected chi connectivity index (χ2v) is 7.11. The van der Waals surface area contributed by atoms with Crippen molar-refractivity contribution in [1.82, 2.24) is 0 Å². The van der Waals surface area contributed by atoms with Gasteiger partial charge in [0.2, 0.25) is 0 Å². The third-order valence-electron chi connectivity index (χ3n) is 4.58. The molecule has 1 aromatic carbocycles. The number of benzene rings is 1. The van der Waals surface area contributed by atoms with Gasteiger partial charge in [-0.05, 0) is 57.8 Å². The monoisotopic (exact) mass is 325 g/mol. The Morgan fingerprint density at radius 1 is 1.37 bits per heavy atom. The van der Waals surface area contributed by atoms with Crippen molar-refractivity contribution < 1.29 is 4.74 Å². The van der Waals surface area contributed by atoms with E-state index >= 15 is 0 Å². The Bertz CT molecular complexity index is 444. The van der Waals surface area contributed by atoms with Crippen LogP contribution >= 0.6 is 15.9 Å². The van der Waals surface area contributed by atoms with E-state index in [0.29, 0.717) is 11.3 Å². The van der Waals surface area contributed by atoms with Gasteiger partial charge in [0.25, 0.3) is 0 Å². The Balaban J connectivity index is 2.23. The molecule has 0 heterocycles. The lowest BCUT2D eigenvalue weighted by molar-refractivity contribution is 0.112. The van der Waals surface area contributed by atoms with Crippen molar-refractivity contribution in [3.8, 4) is 5.75 Å². The zero-order valence-electron chi connectivity index (χ0n) is 12.1. The van der Waals surface area contributed by atoms with Gasteiger partial charge in [-0.15, -0.1) is 0 Å². The molecule has 0 saturated heterocycles. The first-order valence-electron chi connectivity index (χ1n) is 7.05. The summed E-state index contributed by atoms with van der Waals surface area (Å²) < 4.78 is 6.26. The molecule has 3 heteroatoms. The first kappa shape index (κ1) is 14.9. The minimum absolute atomic E-state index is 0.109. The highest BCUT2D eigenvalue weighted by molar-refractivity contribution is 9.10. The zero-order valence-corrected chi connectivity index (χ0v) is 13.7. The van der Waals surface area contributed by atoms with E-state index in [4.69, 9.17) is 10.5 Å². The summed E-state index contributed by atoms with van der Waals surface area (Å²) in [4.78, 5) is 0. The Hall–Kier alpha value is -0.540. The fraction of sp³-hybridized carbons (Fsp3) is 0.625. The highest BCUT2D eigenvalue weighted by atomic mass is 79.9. The van der Waals surface area contributed by atoms with Crippen LogP contribution in [0, 0.1) is 11.3 Å². The van der Waals surface area contributed by atoms with Gasteiger partial charge in [-0.25, -0.2) is 0 Å². The number of rotatable bonds is 3. The molecule has 2 atom stereocenters. The Morgan fingerprint density at radius 2 is 2.11 bits per heavy atom. The van der Waals surface area contributed by atoms with Crippen LogP contribution in [-0.4, -0.2) is 7.11 Å². The standard InChI is InChI=1S/C16H24BrNO/c1-16(2)9-5-4-6-12(16)15(18)11-7-8-14(19-3)13(17)10-11/h7-8,10,12,15H,4-6,9,18H2,1-3H3. The van der Waals surface area contributed by atoms with Gasteiger partial charge >= 0.3 is 0 Å². The molecule has 1 aromatic rings. The zero-order chi connectivity index (χ0) is 14.0. The van der Waals surface area contributed by atoms with Crippen molar-refractivity contribution in [2.75, 3.05) is 7.11 Å². The van der Waals surface area contributed by atoms with Gasteiger partial charge in [0.1, 0.15) is 5.75 Å². The molecule has 2 nitrogen and oxygen atoms in total. The van der Waals surface area contributed by atoms with Crippen LogP contribution in [0.1, 0.15) is 51.1 Å². The molecule has 0 radical (unpaired) electrons. The van der Waals surface area contributed by atoms with Crippen molar-refractivity contribution in [1.29, 1.82) is 0 Å². The van der Waals surface area contributed by atoms with Gasteiger partial charge in [0.05, 0.1) is 11.6 Å². The van der Waals surface area contributed by atoms with Gasteiger partial charge in [-0.1, -0.05) is 32.8 Å². The SMILES string of the molecule is COc1ccc(C(N)C2CCCCC2(C)C)cc1Br. The Kier molecular flexibility index (Phi) is 4.57. The molecule has 1 aliphatic rings. The molecule has 1 aliphatic carbocycles. The van der Waals surface area contributed by atoms with E-state index in [-0.39, 0.29) is 6.04 Å². The maximum Gasteiger partial charge on any atom is 0.133 e. The fourth-order valence-electron chi connectivity index (χ4n) is 3.31. The van der Waals surface area contributed by atoms with Gasteiger partial charge in [0, 0.05) is 6.04 Å². The molecule has 1 saturated carbocycles. The summed E-state index contributed by atoms with van der Waals surface area (Å²) >= 11 is 3.55. The molecule has 106 valence electrons. The van der Waals surface area contributed by atoms with E-state index in [2.05, 4.69) is 41.9 Å². The quantitative estimate of drug-likeness (QED) is 0.876.